The molecule has 108 valence electrons. The van der Waals surface area contributed by atoms with E-state index in [-0.39, 0.29) is 0 Å². The van der Waals surface area contributed by atoms with Crippen molar-refractivity contribution < 1.29 is 14.6 Å². The van der Waals surface area contributed by atoms with Crippen molar-refractivity contribution >= 4 is 12.0 Å². The number of nitrogens with zero attached hydrogens (tertiary/aromatic N) is 1. The Bertz CT molecular complexity index is 705. The predicted molar refractivity (Wildman–Crippen MR) is 81.6 cm³/mol. The standard InChI is InChI=1S/C17H17NO3/c1-11-9-12(2)13(3)15(10-11)21-17-14(5-4-8-18-17)6-7-16(19)20/h4-10H,1-3H3,(H,19,20)/b7-6+. The van der Waals surface area contributed by atoms with E-state index < -0.39 is 5.97 Å². The van der Waals surface area contributed by atoms with Crippen molar-refractivity contribution in [3.63, 3.8) is 0 Å². The summed E-state index contributed by atoms with van der Waals surface area (Å²) in [5.74, 6) is 0.117. The molecule has 2 aromatic rings. The van der Waals surface area contributed by atoms with Gasteiger partial charge >= 0.3 is 5.97 Å². The molecular formula is C17H17NO3. The number of pyridine rings is 1. The van der Waals surface area contributed by atoms with Crippen LogP contribution in [0.1, 0.15) is 22.3 Å². The molecule has 1 aromatic carbocycles. The highest BCUT2D eigenvalue weighted by Gasteiger charge is 2.08. The van der Waals surface area contributed by atoms with Gasteiger partial charge < -0.3 is 9.84 Å². The van der Waals surface area contributed by atoms with Gasteiger partial charge in [-0.2, -0.15) is 0 Å². The van der Waals surface area contributed by atoms with Crippen molar-refractivity contribution in [2.75, 3.05) is 0 Å². The van der Waals surface area contributed by atoms with Crippen molar-refractivity contribution in [2.45, 2.75) is 20.8 Å². The van der Waals surface area contributed by atoms with Gasteiger partial charge in [-0.15, -0.1) is 0 Å². The van der Waals surface area contributed by atoms with E-state index in [0.29, 0.717) is 11.4 Å². The van der Waals surface area contributed by atoms with E-state index in [1.807, 2.05) is 26.8 Å². The van der Waals surface area contributed by atoms with E-state index in [2.05, 4.69) is 11.1 Å². The number of aliphatic carboxylic acids is 1. The quantitative estimate of drug-likeness (QED) is 0.865. The van der Waals surface area contributed by atoms with Gasteiger partial charge in [-0.25, -0.2) is 9.78 Å². The summed E-state index contributed by atoms with van der Waals surface area (Å²) in [4.78, 5) is 14.8. The third-order valence-electron chi connectivity index (χ3n) is 3.18. The summed E-state index contributed by atoms with van der Waals surface area (Å²) < 4.78 is 5.88. The van der Waals surface area contributed by atoms with Gasteiger partial charge in [-0.3, -0.25) is 0 Å². The van der Waals surface area contributed by atoms with Crippen molar-refractivity contribution in [1.29, 1.82) is 0 Å². The number of hydrogen-bond acceptors (Lipinski definition) is 3. The molecule has 2 rings (SSSR count). The molecular weight excluding hydrogens is 266 g/mol. The fourth-order valence-corrected chi connectivity index (χ4v) is 1.99. The average Bonchev–Trinajstić information content (AvgIpc) is 2.43. The zero-order chi connectivity index (χ0) is 15.4. The van der Waals surface area contributed by atoms with Crippen LogP contribution in [0.15, 0.2) is 36.5 Å². The highest BCUT2D eigenvalue weighted by molar-refractivity contribution is 5.85. The van der Waals surface area contributed by atoms with Crippen molar-refractivity contribution in [1.82, 2.24) is 4.98 Å². The Morgan fingerprint density at radius 2 is 2.05 bits per heavy atom. The summed E-state index contributed by atoms with van der Waals surface area (Å²) in [7, 11) is 0. The van der Waals surface area contributed by atoms with Crippen LogP contribution in [0.3, 0.4) is 0 Å². The Labute approximate surface area is 123 Å². The second kappa shape index (κ2) is 6.22. The first-order valence-electron chi connectivity index (χ1n) is 6.59. The number of hydrogen-bond donors (Lipinski definition) is 1. The van der Waals surface area contributed by atoms with E-state index >= 15 is 0 Å². The lowest BCUT2D eigenvalue weighted by Gasteiger charge is -2.12. The summed E-state index contributed by atoms with van der Waals surface area (Å²) >= 11 is 0. The number of aryl methyl sites for hydroxylation is 2. The summed E-state index contributed by atoms with van der Waals surface area (Å²) in [6.45, 7) is 6.02. The smallest absolute Gasteiger partial charge is 0.328 e. The van der Waals surface area contributed by atoms with Crippen LogP contribution in [-0.2, 0) is 4.79 Å². The van der Waals surface area contributed by atoms with Crippen molar-refractivity contribution in [3.05, 3.63) is 58.8 Å². The lowest BCUT2D eigenvalue weighted by Crippen LogP contribution is -1.95. The lowest BCUT2D eigenvalue weighted by atomic mass is 10.1. The van der Waals surface area contributed by atoms with E-state index in [4.69, 9.17) is 9.84 Å². The molecule has 0 amide bonds. The first-order valence-corrected chi connectivity index (χ1v) is 6.59. The largest absolute Gasteiger partial charge is 0.478 e. The molecule has 0 fully saturated rings. The molecule has 0 aliphatic heterocycles. The molecule has 0 aliphatic rings. The molecule has 1 heterocycles. The van der Waals surface area contributed by atoms with E-state index in [9.17, 15) is 4.79 Å². The van der Waals surface area contributed by atoms with Gasteiger partial charge in [-0.05, 0) is 61.7 Å². The van der Waals surface area contributed by atoms with Crippen LogP contribution >= 0.6 is 0 Å². The third kappa shape index (κ3) is 3.69. The lowest BCUT2D eigenvalue weighted by molar-refractivity contribution is -0.131. The number of ether oxygens (including phenoxy) is 1. The van der Waals surface area contributed by atoms with Gasteiger partial charge in [0.15, 0.2) is 0 Å². The number of rotatable bonds is 4. The summed E-state index contributed by atoms with van der Waals surface area (Å²) in [6, 6.07) is 7.54. The van der Waals surface area contributed by atoms with Crippen LogP contribution in [0.4, 0.5) is 0 Å². The predicted octanol–water partition coefficient (Wildman–Crippen LogP) is 3.90. The molecule has 0 saturated heterocycles. The fraction of sp³-hybridized carbons (Fsp3) is 0.176. The maximum absolute atomic E-state index is 10.6. The Kier molecular flexibility index (Phi) is 4.38. The number of carboxylic acid groups (broad SMARTS) is 1. The SMILES string of the molecule is Cc1cc(C)c(C)c(Oc2ncccc2/C=C/C(=O)O)c1. The zero-order valence-electron chi connectivity index (χ0n) is 12.3. The molecule has 21 heavy (non-hydrogen) atoms. The highest BCUT2D eigenvalue weighted by atomic mass is 16.5. The monoisotopic (exact) mass is 283 g/mol. The molecule has 0 saturated carbocycles. The number of carboxylic acids is 1. The second-order valence-corrected chi connectivity index (χ2v) is 4.88. The van der Waals surface area contributed by atoms with Crippen LogP contribution in [0, 0.1) is 20.8 Å². The maximum Gasteiger partial charge on any atom is 0.328 e. The third-order valence-corrected chi connectivity index (χ3v) is 3.18. The zero-order valence-corrected chi connectivity index (χ0v) is 12.3. The molecule has 0 radical (unpaired) electrons. The normalized spacial score (nSPS) is 10.8. The van der Waals surface area contributed by atoms with Gasteiger partial charge in [0.25, 0.3) is 0 Å². The van der Waals surface area contributed by atoms with Gasteiger partial charge in [0.05, 0.1) is 0 Å². The molecule has 0 bridgehead atoms. The molecule has 1 aromatic heterocycles. The molecule has 0 aliphatic carbocycles. The second-order valence-electron chi connectivity index (χ2n) is 4.88. The summed E-state index contributed by atoms with van der Waals surface area (Å²) in [5.41, 5.74) is 3.91. The first kappa shape index (κ1) is 14.8. The number of carbonyl (C=O) groups is 1. The van der Waals surface area contributed by atoms with Gasteiger partial charge in [0.1, 0.15) is 5.75 Å². The van der Waals surface area contributed by atoms with Gasteiger partial charge in [0.2, 0.25) is 5.88 Å². The highest BCUT2D eigenvalue weighted by Crippen LogP contribution is 2.29. The van der Waals surface area contributed by atoms with E-state index in [1.54, 1.807) is 18.3 Å². The van der Waals surface area contributed by atoms with E-state index in [0.717, 1.165) is 28.5 Å². The minimum Gasteiger partial charge on any atom is -0.478 e. The molecule has 0 atom stereocenters. The summed E-state index contributed by atoms with van der Waals surface area (Å²) in [5, 5.41) is 8.72. The van der Waals surface area contributed by atoms with Crippen molar-refractivity contribution in [3.8, 4) is 11.6 Å². The molecule has 4 heteroatoms. The maximum atomic E-state index is 10.6. The fourth-order valence-electron chi connectivity index (χ4n) is 1.99. The van der Waals surface area contributed by atoms with Crippen LogP contribution in [0.5, 0.6) is 11.6 Å². The molecule has 4 nitrogen and oxygen atoms in total. The Morgan fingerprint density at radius 1 is 1.29 bits per heavy atom. The minimum atomic E-state index is -1.01. The Hall–Kier alpha value is -2.62. The molecule has 0 spiro atoms. The van der Waals surface area contributed by atoms with Crippen molar-refractivity contribution in [2.24, 2.45) is 0 Å². The Morgan fingerprint density at radius 3 is 2.76 bits per heavy atom. The minimum absolute atomic E-state index is 0.392. The van der Waals surface area contributed by atoms with Gasteiger partial charge in [-0.1, -0.05) is 6.07 Å². The number of aromatic nitrogens is 1. The first-order chi connectivity index (χ1) is 9.97. The molecule has 1 N–H and O–H groups in total. The van der Waals surface area contributed by atoms with Crippen LogP contribution in [0.25, 0.3) is 6.08 Å². The van der Waals surface area contributed by atoms with E-state index in [1.165, 1.54) is 6.08 Å². The number of benzene rings is 1. The Balaban J connectivity index is 2.38. The average molecular weight is 283 g/mol. The topological polar surface area (TPSA) is 59.4 Å². The van der Waals surface area contributed by atoms with Crippen LogP contribution < -0.4 is 4.74 Å². The van der Waals surface area contributed by atoms with Gasteiger partial charge in [0, 0.05) is 17.8 Å². The molecule has 0 unspecified atom stereocenters. The van der Waals surface area contributed by atoms with Crippen LogP contribution in [0.2, 0.25) is 0 Å². The summed E-state index contributed by atoms with van der Waals surface area (Å²) in [6.07, 6.45) is 4.16. The van der Waals surface area contributed by atoms with Crippen LogP contribution in [-0.4, -0.2) is 16.1 Å².